The second kappa shape index (κ2) is 6.65. The van der Waals surface area contributed by atoms with Crippen LogP contribution < -0.4 is 10.1 Å². The third-order valence-electron chi connectivity index (χ3n) is 5.04. The normalized spacial score (nSPS) is 29.5. The van der Waals surface area contributed by atoms with Gasteiger partial charge in [0.1, 0.15) is 11.9 Å². The molecule has 134 valence electrons. The molecule has 3 heterocycles. The van der Waals surface area contributed by atoms with Gasteiger partial charge < -0.3 is 10.1 Å². The van der Waals surface area contributed by atoms with E-state index < -0.39 is 10.0 Å². The highest BCUT2D eigenvalue weighted by Gasteiger charge is 2.36. The molecular formula is C16H22Cl2N2O3S. The van der Waals surface area contributed by atoms with Gasteiger partial charge in [-0.2, -0.15) is 4.31 Å². The van der Waals surface area contributed by atoms with Gasteiger partial charge in [-0.1, -0.05) is 11.6 Å². The lowest BCUT2D eigenvalue weighted by atomic mass is 10.1. The number of rotatable bonds is 2. The van der Waals surface area contributed by atoms with Crippen LogP contribution in [0.3, 0.4) is 0 Å². The molecule has 3 aliphatic heterocycles. The van der Waals surface area contributed by atoms with Crippen molar-refractivity contribution in [2.75, 3.05) is 13.1 Å². The largest absolute Gasteiger partial charge is 0.489 e. The highest BCUT2D eigenvalue weighted by molar-refractivity contribution is 7.89. The zero-order valence-electron chi connectivity index (χ0n) is 13.5. The molecule has 0 aliphatic carbocycles. The van der Waals surface area contributed by atoms with Crippen molar-refractivity contribution in [3.8, 4) is 5.75 Å². The lowest BCUT2D eigenvalue weighted by molar-refractivity contribution is 0.255. The zero-order chi connectivity index (χ0) is 16.2. The fourth-order valence-corrected chi connectivity index (χ4v) is 5.81. The van der Waals surface area contributed by atoms with Gasteiger partial charge in [-0.15, -0.1) is 12.4 Å². The number of sulfonamides is 1. The predicted molar refractivity (Wildman–Crippen MR) is 95.8 cm³/mol. The molecule has 1 N–H and O–H groups in total. The molecule has 3 unspecified atom stereocenters. The molecule has 0 amide bonds. The minimum absolute atomic E-state index is 0. The Morgan fingerprint density at radius 2 is 2.00 bits per heavy atom. The Balaban J connectivity index is 0.00000169. The molecule has 24 heavy (non-hydrogen) atoms. The first-order valence-electron chi connectivity index (χ1n) is 8.19. The number of nitrogens with zero attached hydrogens (tertiary/aromatic N) is 1. The van der Waals surface area contributed by atoms with Gasteiger partial charge in [0.25, 0.3) is 0 Å². The van der Waals surface area contributed by atoms with E-state index in [1.807, 2.05) is 6.92 Å². The van der Waals surface area contributed by atoms with Crippen LogP contribution in [0.2, 0.25) is 5.02 Å². The van der Waals surface area contributed by atoms with E-state index >= 15 is 0 Å². The highest BCUT2D eigenvalue weighted by Crippen LogP contribution is 2.38. The first-order valence-corrected chi connectivity index (χ1v) is 10.0. The lowest BCUT2D eigenvalue weighted by Crippen LogP contribution is -2.39. The molecule has 3 aliphatic rings. The standard InChI is InChI=1S/C16H21ClN2O3S.ClH/c1-10-6-11-7-14(8-15(17)16(11)22-10)23(20,21)19-5-4-12-2-3-13(9-19)18-12;/h7-8,10,12-13,18H,2-6,9H2,1H3;1H. The summed E-state index contributed by atoms with van der Waals surface area (Å²) in [4.78, 5) is 0.289. The van der Waals surface area contributed by atoms with Crippen LogP contribution in [-0.2, 0) is 16.4 Å². The van der Waals surface area contributed by atoms with Gasteiger partial charge in [-0.25, -0.2) is 8.42 Å². The molecule has 1 aromatic carbocycles. The molecule has 5 nitrogen and oxygen atoms in total. The smallest absolute Gasteiger partial charge is 0.243 e. The summed E-state index contributed by atoms with van der Waals surface area (Å²) in [5.74, 6) is 0.634. The number of nitrogens with one attached hydrogen (secondary N) is 1. The van der Waals surface area contributed by atoms with Crippen molar-refractivity contribution < 1.29 is 13.2 Å². The fourth-order valence-electron chi connectivity index (χ4n) is 3.89. The minimum atomic E-state index is -3.52. The van der Waals surface area contributed by atoms with E-state index in [1.165, 1.54) is 6.07 Å². The van der Waals surface area contributed by atoms with Crippen molar-refractivity contribution in [1.29, 1.82) is 0 Å². The Bertz CT molecular complexity index is 741. The van der Waals surface area contributed by atoms with E-state index in [1.54, 1.807) is 10.4 Å². The summed E-state index contributed by atoms with van der Waals surface area (Å²) in [5.41, 5.74) is 0.887. The maximum atomic E-state index is 13.0. The second-order valence-corrected chi connectivity index (χ2v) is 9.16. The van der Waals surface area contributed by atoms with Crippen LogP contribution in [0.1, 0.15) is 31.7 Å². The molecule has 8 heteroatoms. The average Bonchev–Trinajstić information content (AvgIpc) is 3.00. The summed E-state index contributed by atoms with van der Waals surface area (Å²) in [5, 5.41) is 3.90. The number of fused-ring (bicyclic) bond motifs is 3. The number of hydrogen-bond donors (Lipinski definition) is 1. The van der Waals surface area contributed by atoms with E-state index in [4.69, 9.17) is 16.3 Å². The molecule has 2 fully saturated rings. The molecule has 0 radical (unpaired) electrons. The Kier molecular flexibility index (Phi) is 5.06. The SMILES string of the molecule is CC1Cc2cc(S(=O)(=O)N3CCC4CCC(C3)N4)cc(Cl)c2O1.Cl. The van der Waals surface area contributed by atoms with Crippen LogP contribution in [0, 0.1) is 0 Å². The van der Waals surface area contributed by atoms with E-state index in [-0.39, 0.29) is 29.4 Å². The fraction of sp³-hybridized carbons (Fsp3) is 0.625. The van der Waals surface area contributed by atoms with Crippen molar-refractivity contribution in [2.45, 2.75) is 55.7 Å². The number of halogens is 2. The summed E-state index contributed by atoms with van der Waals surface area (Å²) in [6, 6.07) is 3.99. The monoisotopic (exact) mass is 392 g/mol. The summed E-state index contributed by atoms with van der Waals surface area (Å²) in [6.45, 7) is 3.07. The molecule has 4 rings (SSSR count). The van der Waals surface area contributed by atoms with E-state index in [2.05, 4.69) is 5.32 Å². The Morgan fingerprint density at radius 1 is 1.25 bits per heavy atom. The topological polar surface area (TPSA) is 58.6 Å². The lowest BCUT2D eigenvalue weighted by Gasteiger charge is -2.24. The van der Waals surface area contributed by atoms with Crippen molar-refractivity contribution >= 4 is 34.0 Å². The van der Waals surface area contributed by atoms with Crippen molar-refractivity contribution in [1.82, 2.24) is 9.62 Å². The Hall–Kier alpha value is -0.530. The van der Waals surface area contributed by atoms with Gasteiger partial charge in [0.05, 0.1) is 9.92 Å². The van der Waals surface area contributed by atoms with Crippen LogP contribution in [0.4, 0.5) is 0 Å². The van der Waals surface area contributed by atoms with Gasteiger partial charge in [0.2, 0.25) is 10.0 Å². The maximum Gasteiger partial charge on any atom is 0.243 e. The molecular weight excluding hydrogens is 371 g/mol. The summed E-state index contributed by atoms with van der Waals surface area (Å²) >= 11 is 6.26. The predicted octanol–water partition coefficient (Wildman–Crippen LogP) is 2.60. The number of hydrogen-bond acceptors (Lipinski definition) is 4. The minimum Gasteiger partial charge on any atom is -0.489 e. The van der Waals surface area contributed by atoms with E-state index in [0.29, 0.717) is 36.3 Å². The highest BCUT2D eigenvalue weighted by atomic mass is 35.5. The summed E-state index contributed by atoms with van der Waals surface area (Å²) < 4.78 is 33.4. The van der Waals surface area contributed by atoms with Gasteiger partial charge >= 0.3 is 0 Å². The van der Waals surface area contributed by atoms with Crippen LogP contribution in [-0.4, -0.2) is 44.0 Å². The first kappa shape index (κ1) is 18.3. The van der Waals surface area contributed by atoms with Crippen molar-refractivity contribution in [3.63, 3.8) is 0 Å². The third-order valence-corrected chi connectivity index (χ3v) is 7.17. The maximum absolute atomic E-state index is 13.0. The molecule has 2 saturated heterocycles. The average molecular weight is 393 g/mol. The molecule has 2 bridgehead atoms. The van der Waals surface area contributed by atoms with Crippen LogP contribution in [0.15, 0.2) is 17.0 Å². The van der Waals surface area contributed by atoms with Gasteiger partial charge in [-0.3, -0.25) is 0 Å². The quantitative estimate of drug-likeness (QED) is 0.839. The second-order valence-electron chi connectivity index (χ2n) is 6.82. The van der Waals surface area contributed by atoms with Crippen LogP contribution >= 0.6 is 24.0 Å². The molecule has 0 aromatic heterocycles. The molecule has 1 aromatic rings. The first-order chi connectivity index (χ1) is 10.9. The van der Waals surface area contributed by atoms with Gasteiger partial charge in [0, 0.05) is 37.2 Å². The summed E-state index contributed by atoms with van der Waals surface area (Å²) in [7, 11) is -3.52. The summed E-state index contributed by atoms with van der Waals surface area (Å²) in [6.07, 6.45) is 3.81. The van der Waals surface area contributed by atoms with Crippen molar-refractivity contribution in [2.24, 2.45) is 0 Å². The van der Waals surface area contributed by atoms with Gasteiger partial charge in [0.15, 0.2) is 0 Å². The molecule has 0 saturated carbocycles. The molecule has 3 atom stereocenters. The van der Waals surface area contributed by atoms with Crippen molar-refractivity contribution in [3.05, 3.63) is 22.7 Å². The molecule has 0 spiro atoms. The van der Waals surface area contributed by atoms with Crippen LogP contribution in [0.25, 0.3) is 0 Å². The number of ether oxygens (including phenoxy) is 1. The van der Waals surface area contributed by atoms with E-state index in [9.17, 15) is 8.42 Å². The van der Waals surface area contributed by atoms with Crippen LogP contribution in [0.5, 0.6) is 5.75 Å². The van der Waals surface area contributed by atoms with Gasteiger partial charge in [-0.05, 0) is 38.3 Å². The van der Waals surface area contributed by atoms with E-state index in [0.717, 1.165) is 24.8 Å². The zero-order valence-corrected chi connectivity index (χ0v) is 15.9. The number of benzene rings is 1. The Labute approximate surface area is 154 Å². The Morgan fingerprint density at radius 3 is 2.79 bits per heavy atom. The third kappa shape index (κ3) is 3.15.